The SMILES string of the molecule is Cc1n[nH]c(=O)c(C(=O)Nc2cccc(NC(=O)Nc3ccccc3)c2)c1C. The van der Waals surface area contributed by atoms with Crippen LogP contribution in [0.1, 0.15) is 21.6 Å². The molecule has 0 aliphatic carbocycles. The number of anilines is 3. The van der Waals surface area contributed by atoms with Gasteiger partial charge in [0.25, 0.3) is 11.5 Å². The largest absolute Gasteiger partial charge is 0.323 e. The van der Waals surface area contributed by atoms with Gasteiger partial charge in [-0.3, -0.25) is 9.59 Å². The molecule has 0 unspecified atom stereocenters. The van der Waals surface area contributed by atoms with E-state index in [0.29, 0.717) is 28.3 Å². The van der Waals surface area contributed by atoms with E-state index in [1.165, 1.54) is 0 Å². The molecule has 8 heteroatoms. The number of urea groups is 1. The summed E-state index contributed by atoms with van der Waals surface area (Å²) in [6, 6.07) is 15.2. The normalized spacial score (nSPS) is 10.2. The van der Waals surface area contributed by atoms with E-state index in [2.05, 4.69) is 26.1 Å². The van der Waals surface area contributed by atoms with Crippen LogP contribution >= 0.6 is 0 Å². The number of aromatic nitrogens is 2. The number of hydrogen-bond acceptors (Lipinski definition) is 4. The summed E-state index contributed by atoms with van der Waals surface area (Å²) >= 11 is 0. The number of aromatic amines is 1. The van der Waals surface area contributed by atoms with Crippen molar-refractivity contribution in [3.63, 3.8) is 0 Å². The average Bonchev–Trinajstić information content (AvgIpc) is 2.66. The summed E-state index contributed by atoms with van der Waals surface area (Å²) in [5.41, 5.74) is 2.12. The summed E-state index contributed by atoms with van der Waals surface area (Å²) < 4.78 is 0. The third kappa shape index (κ3) is 4.42. The van der Waals surface area contributed by atoms with Crippen LogP contribution in [-0.4, -0.2) is 22.1 Å². The van der Waals surface area contributed by atoms with E-state index in [-0.39, 0.29) is 5.56 Å². The smallest absolute Gasteiger partial charge is 0.322 e. The van der Waals surface area contributed by atoms with E-state index in [1.807, 2.05) is 18.2 Å². The number of carbonyl (C=O) groups excluding carboxylic acids is 2. The molecule has 0 fully saturated rings. The van der Waals surface area contributed by atoms with Crippen molar-refractivity contribution in [2.45, 2.75) is 13.8 Å². The van der Waals surface area contributed by atoms with Crippen LogP contribution in [0.3, 0.4) is 0 Å². The van der Waals surface area contributed by atoms with Crippen LogP contribution in [0, 0.1) is 13.8 Å². The van der Waals surface area contributed by atoms with Crippen molar-refractivity contribution < 1.29 is 9.59 Å². The maximum atomic E-state index is 12.5. The van der Waals surface area contributed by atoms with Crippen LogP contribution in [0.25, 0.3) is 0 Å². The first kappa shape index (κ1) is 18.8. The van der Waals surface area contributed by atoms with Crippen molar-refractivity contribution in [1.29, 1.82) is 0 Å². The van der Waals surface area contributed by atoms with Gasteiger partial charge < -0.3 is 16.0 Å². The van der Waals surface area contributed by atoms with Gasteiger partial charge in [-0.1, -0.05) is 24.3 Å². The van der Waals surface area contributed by atoms with Crippen molar-refractivity contribution in [2.24, 2.45) is 0 Å². The Kier molecular flexibility index (Phi) is 5.50. The minimum absolute atomic E-state index is 0.00711. The zero-order chi connectivity index (χ0) is 20.1. The predicted octanol–water partition coefficient (Wildman–Crippen LogP) is 3.28. The molecule has 0 saturated heterocycles. The molecule has 2 aromatic carbocycles. The van der Waals surface area contributed by atoms with Gasteiger partial charge in [-0.05, 0) is 49.7 Å². The molecule has 4 N–H and O–H groups in total. The fraction of sp³-hybridized carbons (Fsp3) is 0.100. The second-order valence-corrected chi connectivity index (χ2v) is 6.12. The van der Waals surface area contributed by atoms with Gasteiger partial charge in [-0.2, -0.15) is 5.10 Å². The summed E-state index contributed by atoms with van der Waals surface area (Å²) in [7, 11) is 0. The number of H-pyrrole nitrogens is 1. The monoisotopic (exact) mass is 377 g/mol. The Balaban J connectivity index is 1.71. The molecule has 0 spiro atoms. The Hall–Kier alpha value is -3.94. The molecule has 0 bridgehead atoms. The molecule has 0 aliphatic rings. The number of amides is 3. The Morgan fingerprint density at radius 3 is 2.18 bits per heavy atom. The number of para-hydroxylation sites is 1. The summed E-state index contributed by atoms with van der Waals surface area (Å²) in [5, 5.41) is 14.2. The second kappa shape index (κ2) is 8.17. The van der Waals surface area contributed by atoms with E-state index in [9.17, 15) is 14.4 Å². The Bertz CT molecular complexity index is 1080. The van der Waals surface area contributed by atoms with Crippen molar-refractivity contribution in [1.82, 2.24) is 10.2 Å². The van der Waals surface area contributed by atoms with Crippen LogP contribution in [0.5, 0.6) is 0 Å². The van der Waals surface area contributed by atoms with Gasteiger partial charge in [0.1, 0.15) is 5.56 Å². The maximum absolute atomic E-state index is 12.5. The van der Waals surface area contributed by atoms with E-state index in [0.717, 1.165) is 0 Å². The number of nitrogens with zero attached hydrogens (tertiary/aromatic N) is 1. The highest BCUT2D eigenvalue weighted by atomic mass is 16.2. The zero-order valence-corrected chi connectivity index (χ0v) is 15.4. The number of carbonyl (C=O) groups is 2. The maximum Gasteiger partial charge on any atom is 0.323 e. The topological polar surface area (TPSA) is 116 Å². The molecular weight excluding hydrogens is 358 g/mol. The van der Waals surface area contributed by atoms with Gasteiger partial charge in [0.15, 0.2) is 0 Å². The van der Waals surface area contributed by atoms with Gasteiger partial charge in [0, 0.05) is 17.1 Å². The molecule has 0 radical (unpaired) electrons. The Morgan fingerprint density at radius 2 is 1.46 bits per heavy atom. The summed E-state index contributed by atoms with van der Waals surface area (Å²) in [4.78, 5) is 36.6. The number of hydrogen-bond donors (Lipinski definition) is 4. The third-order valence-electron chi connectivity index (χ3n) is 4.11. The van der Waals surface area contributed by atoms with Crippen molar-refractivity contribution in [2.75, 3.05) is 16.0 Å². The Labute approximate surface area is 161 Å². The van der Waals surface area contributed by atoms with Gasteiger partial charge in [0.2, 0.25) is 0 Å². The molecule has 3 aromatic rings. The number of benzene rings is 2. The van der Waals surface area contributed by atoms with Crippen molar-refractivity contribution in [3.05, 3.63) is 81.8 Å². The minimum Gasteiger partial charge on any atom is -0.322 e. The van der Waals surface area contributed by atoms with E-state index in [1.54, 1.807) is 50.2 Å². The second-order valence-electron chi connectivity index (χ2n) is 6.12. The molecule has 1 aromatic heterocycles. The molecule has 0 atom stereocenters. The highest BCUT2D eigenvalue weighted by Crippen LogP contribution is 2.17. The van der Waals surface area contributed by atoms with Crippen LogP contribution in [0.4, 0.5) is 21.9 Å². The quantitative estimate of drug-likeness (QED) is 0.558. The van der Waals surface area contributed by atoms with Crippen LogP contribution in [-0.2, 0) is 0 Å². The van der Waals surface area contributed by atoms with Gasteiger partial charge >= 0.3 is 6.03 Å². The van der Waals surface area contributed by atoms with Crippen LogP contribution < -0.4 is 21.5 Å². The van der Waals surface area contributed by atoms with Crippen molar-refractivity contribution >= 4 is 29.0 Å². The molecular formula is C20H19N5O3. The van der Waals surface area contributed by atoms with Gasteiger partial charge in [-0.15, -0.1) is 0 Å². The molecule has 3 amide bonds. The third-order valence-corrected chi connectivity index (χ3v) is 4.11. The molecule has 28 heavy (non-hydrogen) atoms. The fourth-order valence-electron chi connectivity index (χ4n) is 2.58. The first-order valence-corrected chi connectivity index (χ1v) is 8.54. The molecule has 0 aliphatic heterocycles. The summed E-state index contributed by atoms with van der Waals surface area (Å²) in [6.07, 6.45) is 0. The summed E-state index contributed by atoms with van der Waals surface area (Å²) in [5.74, 6) is -0.546. The highest BCUT2D eigenvalue weighted by molar-refractivity contribution is 6.05. The minimum atomic E-state index is -0.558. The Morgan fingerprint density at radius 1 is 0.857 bits per heavy atom. The first-order chi connectivity index (χ1) is 13.4. The van der Waals surface area contributed by atoms with E-state index >= 15 is 0 Å². The standard InChI is InChI=1S/C20H19N5O3/c1-12-13(2)24-25-19(27)17(12)18(26)21-15-9-6-10-16(11-15)23-20(28)22-14-7-4-3-5-8-14/h3-11H,1-2H3,(H,21,26)(H,25,27)(H2,22,23,28). The lowest BCUT2D eigenvalue weighted by Crippen LogP contribution is -2.26. The highest BCUT2D eigenvalue weighted by Gasteiger charge is 2.16. The average molecular weight is 377 g/mol. The van der Waals surface area contributed by atoms with Crippen LogP contribution in [0.15, 0.2) is 59.4 Å². The molecule has 0 saturated carbocycles. The molecule has 1 heterocycles. The van der Waals surface area contributed by atoms with Gasteiger partial charge in [0.05, 0.1) is 5.69 Å². The molecule has 8 nitrogen and oxygen atoms in total. The van der Waals surface area contributed by atoms with Crippen molar-refractivity contribution in [3.8, 4) is 0 Å². The first-order valence-electron chi connectivity index (χ1n) is 8.54. The predicted molar refractivity (Wildman–Crippen MR) is 108 cm³/mol. The number of aryl methyl sites for hydroxylation is 1. The van der Waals surface area contributed by atoms with Gasteiger partial charge in [-0.25, -0.2) is 9.89 Å². The lowest BCUT2D eigenvalue weighted by molar-refractivity contribution is 0.102. The zero-order valence-electron chi connectivity index (χ0n) is 15.4. The van der Waals surface area contributed by atoms with E-state index < -0.39 is 17.5 Å². The number of nitrogens with one attached hydrogen (secondary N) is 4. The lowest BCUT2D eigenvalue weighted by atomic mass is 10.1. The fourth-order valence-corrected chi connectivity index (χ4v) is 2.58. The number of rotatable bonds is 4. The molecule has 142 valence electrons. The lowest BCUT2D eigenvalue weighted by Gasteiger charge is -2.11. The van der Waals surface area contributed by atoms with E-state index in [4.69, 9.17) is 0 Å². The summed E-state index contributed by atoms with van der Waals surface area (Å²) in [6.45, 7) is 3.37. The molecule has 3 rings (SSSR count). The van der Waals surface area contributed by atoms with Crippen LogP contribution in [0.2, 0.25) is 0 Å².